The maximum absolute atomic E-state index is 13.0. The summed E-state index contributed by atoms with van der Waals surface area (Å²) < 4.78 is 49.1. The van der Waals surface area contributed by atoms with Gasteiger partial charge in [0.1, 0.15) is 19.5 Å². The summed E-state index contributed by atoms with van der Waals surface area (Å²) in [6.45, 7) is 0.594. The number of rotatable bonds is 3. The zero-order valence-electron chi connectivity index (χ0n) is 10.2. The molecule has 1 aliphatic heterocycles. The van der Waals surface area contributed by atoms with Gasteiger partial charge in [-0.25, -0.2) is 0 Å². The number of carboxylic acids is 1. The first kappa shape index (κ1) is 14.2. The van der Waals surface area contributed by atoms with Crippen LogP contribution < -0.4 is 0 Å². The topological polar surface area (TPSA) is 55.8 Å². The molecule has 108 valence electrons. The highest BCUT2D eigenvalue weighted by atomic mass is 19.4. The number of benzene rings is 1. The molecule has 0 amide bonds. The summed E-state index contributed by atoms with van der Waals surface area (Å²) in [6, 6.07) is 3.40. The molecule has 0 atom stereocenters. The standard InChI is InChI=1S/C13H11F3O4/c14-13(15,16)10-5-9(11-7-19-3-4-20-11)2-1-8(10)6-12(17)18/h1-2,5,7H,3-4,6H2,(H,17,18). The minimum absolute atomic E-state index is 0.198. The van der Waals surface area contributed by atoms with Crippen LogP contribution in [0.15, 0.2) is 24.5 Å². The minimum Gasteiger partial charge on any atom is -0.494 e. The lowest BCUT2D eigenvalue weighted by Crippen LogP contribution is -2.14. The molecule has 1 N–H and O–H groups in total. The Morgan fingerprint density at radius 3 is 2.60 bits per heavy atom. The van der Waals surface area contributed by atoms with Crippen molar-refractivity contribution in [2.45, 2.75) is 12.6 Å². The van der Waals surface area contributed by atoms with Crippen molar-refractivity contribution < 1.29 is 32.5 Å². The molecule has 7 heteroatoms. The van der Waals surface area contributed by atoms with Crippen molar-refractivity contribution >= 4 is 11.7 Å². The number of ether oxygens (including phenoxy) is 2. The van der Waals surface area contributed by atoms with E-state index in [1.54, 1.807) is 0 Å². The third-order valence-electron chi connectivity index (χ3n) is 2.69. The van der Waals surface area contributed by atoms with Gasteiger partial charge in [0.2, 0.25) is 0 Å². The molecule has 0 bridgehead atoms. The second-order valence-corrected chi connectivity index (χ2v) is 4.14. The Morgan fingerprint density at radius 2 is 2.05 bits per heavy atom. The van der Waals surface area contributed by atoms with Gasteiger partial charge >= 0.3 is 12.1 Å². The molecule has 4 nitrogen and oxygen atoms in total. The average molecular weight is 288 g/mol. The van der Waals surface area contributed by atoms with Crippen molar-refractivity contribution in [1.82, 2.24) is 0 Å². The molecular formula is C13H11F3O4. The van der Waals surface area contributed by atoms with Gasteiger partial charge in [0.15, 0.2) is 5.76 Å². The second-order valence-electron chi connectivity index (χ2n) is 4.14. The van der Waals surface area contributed by atoms with E-state index in [2.05, 4.69) is 0 Å². The molecule has 0 fully saturated rings. The molecule has 0 saturated carbocycles. The van der Waals surface area contributed by atoms with E-state index in [1.165, 1.54) is 12.3 Å². The van der Waals surface area contributed by atoms with E-state index in [9.17, 15) is 18.0 Å². The lowest BCUT2D eigenvalue weighted by molar-refractivity contribution is -0.139. The molecule has 0 unspecified atom stereocenters. The first-order chi connectivity index (χ1) is 9.38. The monoisotopic (exact) mass is 288 g/mol. The Morgan fingerprint density at radius 1 is 1.30 bits per heavy atom. The summed E-state index contributed by atoms with van der Waals surface area (Å²) in [7, 11) is 0. The fourth-order valence-electron chi connectivity index (χ4n) is 1.83. The summed E-state index contributed by atoms with van der Waals surface area (Å²) in [4.78, 5) is 10.6. The van der Waals surface area contributed by atoms with Crippen LogP contribution in [0.25, 0.3) is 5.76 Å². The summed E-state index contributed by atoms with van der Waals surface area (Å²) in [5.41, 5.74) is -1.07. The second kappa shape index (κ2) is 5.44. The van der Waals surface area contributed by atoms with Gasteiger partial charge in [0.05, 0.1) is 12.0 Å². The average Bonchev–Trinajstić information content (AvgIpc) is 2.38. The molecule has 2 rings (SSSR count). The Hall–Kier alpha value is -2.18. The van der Waals surface area contributed by atoms with Crippen LogP contribution in [0.5, 0.6) is 0 Å². The van der Waals surface area contributed by atoms with Crippen molar-refractivity contribution in [2.24, 2.45) is 0 Å². The van der Waals surface area contributed by atoms with E-state index >= 15 is 0 Å². The van der Waals surface area contributed by atoms with Crippen LogP contribution in [-0.4, -0.2) is 24.3 Å². The Bertz CT molecular complexity index is 549. The maximum atomic E-state index is 13.0. The zero-order valence-corrected chi connectivity index (χ0v) is 10.2. The van der Waals surface area contributed by atoms with Gasteiger partial charge in [-0.1, -0.05) is 12.1 Å². The van der Waals surface area contributed by atoms with Crippen molar-refractivity contribution in [1.29, 1.82) is 0 Å². The molecule has 0 spiro atoms. The molecule has 0 radical (unpaired) electrons. The summed E-state index contributed by atoms with van der Waals surface area (Å²) in [6.07, 6.45) is -4.07. The summed E-state index contributed by atoms with van der Waals surface area (Å²) >= 11 is 0. The quantitative estimate of drug-likeness (QED) is 0.929. The van der Waals surface area contributed by atoms with Crippen molar-refractivity contribution in [2.75, 3.05) is 13.2 Å². The van der Waals surface area contributed by atoms with Crippen LogP contribution in [0.2, 0.25) is 0 Å². The number of carbonyl (C=O) groups is 1. The Kier molecular flexibility index (Phi) is 3.87. The van der Waals surface area contributed by atoms with Gasteiger partial charge in [-0.3, -0.25) is 4.79 Å². The van der Waals surface area contributed by atoms with Crippen LogP contribution in [0, 0.1) is 0 Å². The van der Waals surface area contributed by atoms with E-state index in [0.717, 1.165) is 12.1 Å². The number of alkyl halides is 3. The summed E-state index contributed by atoms with van der Waals surface area (Å²) in [5.74, 6) is -1.12. The number of hydrogen-bond acceptors (Lipinski definition) is 3. The molecule has 1 aliphatic rings. The van der Waals surface area contributed by atoms with E-state index in [1.807, 2.05) is 0 Å². The highest BCUT2D eigenvalue weighted by Crippen LogP contribution is 2.34. The van der Waals surface area contributed by atoms with Crippen LogP contribution in [0.4, 0.5) is 13.2 Å². The molecular weight excluding hydrogens is 277 g/mol. The van der Waals surface area contributed by atoms with E-state index in [0.29, 0.717) is 6.61 Å². The third-order valence-corrected chi connectivity index (χ3v) is 2.69. The van der Waals surface area contributed by atoms with Crippen LogP contribution in [0.3, 0.4) is 0 Å². The lowest BCUT2D eigenvalue weighted by atomic mass is 10.00. The van der Waals surface area contributed by atoms with Crippen LogP contribution in [-0.2, 0) is 26.9 Å². The number of aliphatic carboxylic acids is 1. The normalized spacial score (nSPS) is 15.1. The van der Waals surface area contributed by atoms with E-state index < -0.39 is 24.1 Å². The smallest absolute Gasteiger partial charge is 0.416 e. The van der Waals surface area contributed by atoms with Crippen LogP contribution >= 0.6 is 0 Å². The van der Waals surface area contributed by atoms with E-state index in [-0.39, 0.29) is 23.5 Å². The van der Waals surface area contributed by atoms with Gasteiger partial charge < -0.3 is 14.6 Å². The molecule has 0 aromatic heterocycles. The summed E-state index contributed by atoms with van der Waals surface area (Å²) in [5, 5.41) is 8.65. The lowest BCUT2D eigenvalue weighted by Gasteiger charge is -2.18. The maximum Gasteiger partial charge on any atom is 0.416 e. The fraction of sp³-hybridized carbons (Fsp3) is 0.308. The molecule has 0 aliphatic carbocycles. The SMILES string of the molecule is O=C(O)Cc1ccc(C2=COCCO2)cc1C(F)(F)F. The first-order valence-electron chi connectivity index (χ1n) is 5.75. The molecule has 1 aromatic rings. The van der Waals surface area contributed by atoms with Gasteiger partial charge in [-0.2, -0.15) is 13.2 Å². The highest BCUT2D eigenvalue weighted by Gasteiger charge is 2.34. The zero-order chi connectivity index (χ0) is 14.8. The van der Waals surface area contributed by atoms with Gasteiger partial charge in [-0.15, -0.1) is 0 Å². The largest absolute Gasteiger partial charge is 0.494 e. The van der Waals surface area contributed by atoms with Crippen LogP contribution in [0.1, 0.15) is 16.7 Å². The predicted molar refractivity (Wildman–Crippen MR) is 62.7 cm³/mol. The first-order valence-corrected chi connectivity index (χ1v) is 5.75. The third kappa shape index (κ3) is 3.23. The number of hydrogen-bond donors (Lipinski definition) is 1. The highest BCUT2D eigenvalue weighted by molar-refractivity contribution is 5.71. The van der Waals surface area contributed by atoms with Gasteiger partial charge in [0.25, 0.3) is 0 Å². The molecule has 20 heavy (non-hydrogen) atoms. The minimum atomic E-state index is -4.63. The van der Waals surface area contributed by atoms with Crippen molar-refractivity contribution in [3.05, 3.63) is 41.2 Å². The predicted octanol–water partition coefficient (Wildman–Crippen LogP) is 2.68. The number of halogens is 3. The van der Waals surface area contributed by atoms with Crippen molar-refractivity contribution in [3.8, 4) is 0 Å². The Labute approximate surface area is 112 Å². The molecule has 0 saturated heterocycles. The van der Waals surface area contributed by atoms with Gasteiger partial charge in [-0.05, 0) is 11.6 Å². The molecule has 1 heterocycles. The van der Waals surface area contributed by atoms with Gasteiger partial charge in [0, 0.05) is 5.56 Å². The molecule has 1 aromatic carbocycles. The fourth-order valence-corrected chi connectivity index (χ4v) is 1.83. The Balaban J connectivity index is 2.43. The van der Waals surface area contributed by atoms with E-state index in [4.69, 9.17) is 14.6 Å². The number of carboxylic acid groups (broad SMARTS) is 1. The van der Waals surface area contributed by atoms with Crippen molar-refractivity contribution in [3.63, 3.8) is 0 Å².